The molecule has 0 radical (unpaired) electrons. The summed E-state index contributed by atoms with van der Waals surface area (Å²) in [5.74, 6) is 1.34. The van der Waals surface area contributed by atoms with E-state index in [1.165, 1.54) is 26.2 Å². The molecule has 2 rings (SSSR count). The van der Waals surface area contributed by atoms with Gasteiger partial charge in [-0.1, -0.05) is 35.3 Å². The predicted octanol–water partition coefficient (Wildman–Crippen LogP) is 4.68. The van der Waals surface area contributed by atoms with Crippen LogP contribution in [-0.2, 0) is 6.54 Å². The standard InChI is InChI=1S/C18H20Cl2N2O4/c1-22(10-11-6-5-7-13(19)16(11)20)18(23)21-12-8-14(24-2)17(26-4)15(9-12)25-3/h5-9H,10H2,1-4H3,(H,21,23). The molecule has 2 amide bonds. The summed E-state index contributed by atoms with van der Waals surface area (Å²) < 4.78 is 15.8. The molecule has 0 atom stereocenters. The highest BCUT2D eigenvalue weighted by atomic mass is 35.5. The fourth-order valence-electron chi connectivity index (χ4n) is 2.37. The van der Waals surface area contributed by atoms with Gasteiger partial charge >= 0.3 is 6.03 Å². The molecule has 0 aliphatic heterocycles. The van der Waals surface area contributed by atoms with E-state index in [1.54, 1.807) is 31.3 Å². The van der Waals surface area contributed by atoms with Gasteiger partial charge in [-0.25, -0.2) is 4.79 Å². The van der Waals surface area contributed by atoms with E-state index in [4.69, 9.17) is 37.4 Å². The number of nitrogens with zero attached hydrogens (tertiary/aromatic N) is 1. The van der Waals surface area contributed by atoms with Crippen molar-refractivity contribution in [3.8, 4) is 17.2 Å². The Bertz CT molecular complexity index is 774. The minimum atomic E-state index is -0.324. The van der Waals surface area contributed by atoms with Crippen LogP contribution in [-0.4, -0.2) is 39.3 Å². The molecule has 0 saturated carbocycles. The number of rotatable bonds is 6. The molecule has 0 spiro atoms. The van der Waals surface area contributed by atoms with Crippen LogP contribution in [0.1, 0.15) is 5.56 Å². The SMILES string of the molecule is COc1cc(NC(=O)N(C)Cc2cccc(Cl)c2Cl)cc(OC)c1OC. The number of urea groups is 1. The van der Waals surface area contributed by atoms with Gasteiger partial charge in [-0.05, 0) is 11.6 Å². The summed E-state index contributed by atoms with van der Waals surface area (Å²) in [5, 5.41) is 3.67. The van der Waals surface area contributed by atoms with Gasteiger partial charge in [0.15, 0.2) is 11.5 Å². The predicted molar refractivity (Wildman–Crippen MR) is 103 cm³/mol. The summed E-state index contributed by atoms with van der Waals surface area (Å²) in [6, 6.07) is 8.28. The zero-order chi connectivity index (χ0) is 19.3. The van der Waals surface area contributed by atoms with E-state index in [-0.39, 0.29) is 6.03 Å². The molecular weight excluding hydrogens is 379 g/mol. The Morgan fingerprint density at radius 1 is 1.08 bits per heavy atom. The van der Waals surface area contributed by atoms with Gasteiger partial charge < -0.3 is 24.4 Å². The van der Waals surface area contributed by atoms with Crippen LogP contribution in [0, 0.1) is 0 Å². The topological polar surface area (TPSA) is 60.0 Å². The summed E-state index contributed by atoms with van der Waals surface area (Å²) >= 11 is 12.2. The number of halogens is 2. The van der Waals surface area contributed by atoms with Crippen molar-refractivity contribution in [3.05, 3.63) is 45.9 Å². The number of hydrogen-bond acceptors (Lipinski definition) is 4. The molecule has 6 nitrogen and oxygen atoms in total. The lowest BCUT2D eigenvalue weighted by atomic mass is 10.2. The molecule has 0 unspecified atom stereocenters. The molecule has 2 aromatic carbocycles. The molecule has 140 valence electrons. The molecule has 0 aliphatic rings. The monoisotopic (exact) mass is 398 g/mol. The van der Waals surface area contributed by atoms with Crippen molar-refractivity contribution in [3.63, 3.8) is 0 Å². The number of benzene rings is 2. The molecule has 2 aromatic rings. The smallest absolute Gasteiger partial charge is 0.321 e. The van der Waals surface area contributed by atoms with Crippen LogP contribution in [0.15, 0.2) is 30.3 Å². The number of ether oxygens (including phenoxy) is 3. The first-order chi connectivity index (χ1) is 12.4. The van der Waals surface area contributed by atoms with Crippen molar-refractivity contribution < 1.29 is 19.0 Å². The molecule has 0 saturated heterocycles. The van der Waals surface area contributed by atoms with E-state index in [0.29, 0.717) is 39.5 Å². The first kappa shape index (κ1) is 20.0. The van der Waals surface area contributed by atoms with Gasteiger partial charge in [0.1, 0.15) is 0 Å². The molecular formula is C18H20Cl2N2O4. The molecule has 26 heavy (non-hydrogen) atoms. The maximum Gasteiger partial charge on any atom is 0.321 e. The number of hydrogen-bond donors (Lipinski definition) is 1. The minimum absolute atomic E-state index is 0.301. The van der Waals surface area contributed by atoms with Crippen LogP contribution in [0.3, 0.4) is 0 Å². The van der Waals surface area contributed by atoms with Gasteiger partial charge in [-0.2, -0.15) is 0 Å². The fourth-order valence-corrected chi connectivity index (χ4v) is 2.75. The molecule has 0 heterocycles. The van der Waals surface area contributed by atoms with Gasteiger partial charge in [-0.15, -0.1) is 0 Å². The van der Waals surface area contributed by atoms with E-state index in [9.17, 15) is 4.79 Å². The number of carbonyl (C=O) groups excluding carboxylic acids is 1. The number of anilines is 1. The molecule has 0 fully saturated rings. The van der Waals surface area contributed by atoms with E-state index in [1.807, 2.05) is 6.07 Å². The first-order valence-corrected chi connectivity index (χ1v) is 8.41. The molecule has 8 heteroatoms. The van der Waals surface area contributed by atoms with E-state index in [2.05, 4.69) is 5.32 Å². The van der Waals surface area contributed by atoms with E-state index >= 15 is 0 Å². The van der Waals surface area contributed by atoms with Crippen molar-refractivity contribution in [2.24, 2.45) is 0 Å². The van der Waals surface area contributed by atoms with Crippen molar-refractivity contribution in [2.45, 2.75) is 6.54 Å². The van der Waals surface area contributed by atoms with E-state index < -0.39 is 0 Å². The normalized spacial score (nSPS) is 10.2. The first-order valence-electron chi connectivity index (χ1n) is 7.66. The Labute approximate surface area is 162 Å². The lowest BCUT2D eigenvalue weighted by Crippen LogP contribution is -2.31. The number of amides is 2. The average Bonchev–Trinajstić information content (AvgIpc) is 2.64. The maximum atomic E-state index is 12.5. The van der Waals surface area contributed by atoms with Gasteiger partial charge in [0, 0.05) is 25.7 Å². The molecule has 1 N–H and O–H groups in total. The quantitative estimate of drug-likeness (QED) is 0.766. The van der Waals surface area contributed by atoms with Crippen LogP contribution in [0.5, 0.6) is 17.2 Å². The molecule has 0 bridgehead atoms. The second-order valence-corrected chi connectivity index (χ2v) is 6.20. The molecule has 0 aliphatic carbocycles. The maximum absolute atomic E-state index is 12.5. The van der Waals surface area contributed by atoms with E-state index in [0.717, 1.165) is 5.56 Å². The zero-order valence-corrected chi connectivity index (χ0v) is 16.4. The van der Waals surface area contributed by atoms with Crippen LogP contribution < -0.4 is 19.5 Å². The Morgan fingerprint density at radius 2 is 1.69 bits per heavy atom. The fraction of sp³-hybridized carbons (Fsp3) is 0.278. The van der Waals surface area contributed by atoms with Crippen molar-refractivity contribution in [1.82, 2.24) is 4.90 Å². The highest BCUT2D eigenvalue weighted by molar-refractivity contribution is 6.42. The summed E-state index contributed by atoms with van der Waals surface area (Å²) in [6.07, 6.45) is 0. The van der Waals surface area contributed by atoms with Gasteiger partial charge in [0.25, 0.3) is 0 Å². The Balaban J connectivity index is 2.17. The second kappa shape index (κ2) is 8.87. The molecule has 0 aromatic heterocycles. The highest BCUT2D eigenvalue weighted by Crippen LogP contribution is 2.40. The lowest BCUT2D eigenvalue weighted by molar-refractivity contribution is 0.220. The Morgan fingerprint density at radius 3 is 2.23 bits per heavy atom. The van der Waals surface area contributed by atoms with Gasteiger partial charge in [0.05, 0.1) is 37.1 Å². The minimum Gasteiger partial charge on any atom is -0.493 e. The summed E-state index contributed by atoms with van der Waals surface area (Å²) in [4.78, 5) is 14.0. The lowest BCUT2D eigenvalue weighted by Gasteiger charge is -2.20. The Hall–Kier alpha value is -2.31. The summed E-state index contributed by atoms with van der Waals surface area (Å²) in [6.45, 7) is 0.301. The van der Waals surface area contributed by atoms with Crippen molar-refractivity contribution in [1.29, 1.82) is 0 Å². The van der Waals surface area contributed by atoms with Gasteiger partial charge in [-0.3, -0.25) is 0 Å². The summed E-state index contributed by atoms with van der Waals surface area (Å²) in [7, 11) is 6.19. The van der Waals surface area contributed by atoms with Crippen molar-refractivity contribution >= 4 is 34.9 Å². The second-order valence-electron chi connectivity index (χ2n) is 5.41. The van der Waals surface area contributed by atoms with Crippen LogP contribution in [0.25, 0.3) is 0 Å². The number of carbonyl (C=O) groups is 1. The van der Waals surface area contributed by atoms with Crippen LogP contribution in [0.2, 0.25) is 10.0 Å². The number of nitrogens with one attached hydrogen (secondary N) is 1. The average molecular weight is 399 g/mol. The van der Waals surface area contributed by atoms with Crippen molar-refractivity contribution in [2.75, 3.05) is 33.7 Å². The third-order valence-corrected chi connectivity index (χ3v) is 4.56. The summed E-state index contributed by atoms with van der Waals surface area (Å²) in [5.41, 5.74) is 1.26. The largest absolute Gasteiger partial charge is 0.493 e. The Kier molecular flexibility index (Phi) is 6.83. The van der Waals surface area contributed by atoms with Crippen LogP contribution in [0.4, 0.5) is 10.5 Å². The van der Waals surface area contributed by atoms with Gasteiger partial charge in [0.2, 0.25) is 5.75 Å². The third-order valence-electron chi connectivity index (χ3n) is 3.70. The zero-order valence-electron chi connectivity index (χ0n) is 14.9. The third kappa shape index (κ3) is 4.45. The van der Waals surface area contributed by atoms with Crippen LogP contribution >= 0.6 is 23.2 Å². The highest BCUT2D eigenvalue weighted by Gasteiger charge is 2.17. The number of methoxy groups -OCH3 is 3.